The largest absolute Gasteiger partial charge is 0.378 e. The summed E-state index contributed by atoms with van der Waals surface area (Å²) in [6, 6.07) is 1.69. The molecule has 1 aromatic heterocycles. The number of nitrogens with zero attached hydrogens (tertiary/aromatic N) is 2. The Kier molecular flexibility index (Phi) is 4.70. The molecule has 2 heterocycles. The van der Waals surface area contributed by atoms with Gasteiger partial charge in [0.2, 0.25) is 0 Å². The number of aromatic nitrogens is 1. The number of likely N-dealkylation sites (tertiary alicyclic amines) is 1. The van der Waals surface area contributed by atoms with Crippen molar-refractivity contribution in [2.24, 2.45) is 5.84 Å². The number of nitrogen functional groups attached to an aromatic ring is 1. The molecule has 1 aliphatic rings. The molecule has 104 valence electrons. The number of hydrogen-bond donors (Lipinski definition) is 2. The maximum Gasteiger partial charge on any atom is 0.257 e. The van der Waals surface area contributed by atoms with Gasteiger partial charge in [-0.25, -0.2) is 0 Å². The number of pyridine rings is 1. The van der Waals surface area contributed by atoms with Gasteiger partial charge in [-0.05, 0) is 25.8 Å². The highest BCUT2D eigenvalue weighted by Crippen LogP contribution is 2.19. The molecule has 0 radical (unpaired) electrons. The highest BCUT2D eigenvalue weighted by Gasteiger charge is 2.25. The number of carbonyl (C=O) groups excluding carboxylic acids is 1. The van der Waals surface area contributed by atoms with Crippen LogP contribution in [0.2, 0.25) is 0 Å². The molecular weight excluding hydrogens is 244 g/mol. The number of anilines is 1. The molecule has 0 unspecified atom stereocenters. The maximum atomic E-state index is 12.4. The molecule has 1 amide bonds. The van der Waals surface area contributed by atoms with Gasteiger partial charge < -0.3 is 15.1 Å². The van der Waals surface area contributed by atoms with Crippen LogP contribution in [0, 0.1) is 0 Å². The van der Waals surface area contributed by atoms with E-state index in [0.717, 1.165) is 19.4 Å². The lowest BCUT2D eigenvalue weighted by Crippen LogP contribution is -2.41. The molecule has 2 rings (SSSR count). The predicted octanol–water partition coefficient (Wildman–Crippen LogP) is 1.01. The summed E-state index contributed by atoms with van der Waals surface area (Å²) in [7, 11) is 0. The average Bonchev–Trinajstić information content (AvgIpc) is 2.47. The van der Waals surface area contributed by atoms with Gasteiger partial charge in [-0.3, -0.25) is 15.6 Å². The summed E-state index contributed by atoms with van der Waals surface area (Å²) in [5, 5.41) is 0. The Labute approximate surface area is 112 Å². The summed E-state index contributed by atoms with van der Waals surface area (Å²) in [5.41, 5.74) is 3.65. The Bertz CT molecular complexity index is 430. The summed E-state index contributed by atoms with van der Waals surface area (Å²) in [6.45, 7) is 4.14. The average molecular weight is 264 g/mol. The quantitative estimate of drug-likeness (QED) is 0.626. The van der Waals surface area contributed by atoms with Crippen molar-refractivity contribution in [3.63, 3.8) is 0 Å². The van der Waals surface area contributed by atoms with Crippen LogP contribution in [0.3, 0.4) is 0 Å². The van der Waals surface area contributed by atoms with Gasteiger partial charge in [0.15, 0.2) is 0 Å². The summed E-state index contributed by atoms with van der Waals surface area (Å²) in [5.74, 6) is 5.38. The number of amides is 1. The van der Waals surface area contributed by atoms with E-state index < -0.39 is 0 Å². The standard InChI is InChI=1S/C13H20N4O2/c1-2-19-10-4-7-17(8-5-10)13(18)11-9-15-6-3-12(11)16-14/h3,6,9-10H,2,4-5,7-8,14H2,1H3,(H,15,16). The fraction of sp³-hybridized carbons (Fsp3) is 0.538. The molecule has 3 N–H and O–H groups in total. The molecule has 0 atom stereocenters. The van der Waals surface area contributed by atoms with Gasteiger partial charge in [-0.15, -0.1) is 0 Å². The number of hydrazine groups is 1. The minimum atomic E-state index is -0.0315. The first kappa shape index (κ1) is 13.8. The topological polar surface area (TPSA) is 80.5 Å². The Morgan fingerprint density at radius 3 is 2.95 bits per heavy atom. The zero-order valence-corrected chi connectivity index (χ0v) is 11.1. The molecule has 19 heavy (non-hydrogen) atoms. The molecular formula is C13H20N4O2. The molecule has 0 aromatic carbocycles. The van der Waals surface area contributed by atoms with Gasteiger partial charge >= 0.3 is 0 Å². The van der Waals surface area contributed by atoms with Gasteiger partial charge in [0, 0.05) is 32.1 Å². The third-order valence-corrected chi connectivity index (χ3v) is 3.34. The summed E-state index contributed by atoms with van der Waals surface area (Å²) in [4.78, 5) is 18.2. The predicted molar refractivity (Wildman–Crippen MR) is 72.6 cm³/mol. The molecule has 6 heteroatoms. The van der Waals surface area contributed by atoms with Crippen molar-refractivity contribution in [1.29, 1.82) is 0 Å². The van der Waals surface area contributed by atoms with Crippen LogP contribution < -0.4 is 11.3 Å². The number of hydrogen-bond acceptors (Lipinski definition) is 5. The molecule has 1 fully saturated rings. The summed E-state index contributed by atoms with van der Waals surface area (Å²) < 4.78 is 5.58. The van der Waals surface area contributed by atoms with E-state index in [4.69, 9.17) is 10.6 Å². The second kappa shape index (κ2) is 6.49. The summed E-state index contributed by atoms with van der Waals surface area (Å²) >= 11 is 0. The molecule has 0 aliphatic carbocycles. The van der Waals surface area contributed by atoms with Crippen LogP contribution in [0.25, 0.3) is 0 Å². The van der Waals surface area contributed by atoms with E-state index in [9.17, 15) is 4.79 Å². The van der Waals surface area contributed by atoms with Crippen molar-refractivity contribution in [3.8, 4) is 0 Å². The van der Waals surface area contributed by atoms with Gasteiger partial charge in [0.25, 0.3) is 5.91 Å². The van der Waals surface area contributed by atoms with Gasteiger partial charge in [-0.2, -0.15) is 0 Å². The molecule has 0 bridgehead atoms. The van der Waals surface area contributed by atoms with Crippen molar-refractivity contribution in [1.82, 2.24) is 9.88 Å². The summed E-state index contributed by atoms with van der Waals surface area (Å²) in [6.07, 6.45) is 5.19. The van der Waals surface area contributed by atoms with Gasteiger partial charge in [0.05, 0.1) is 17.4 Å². The number of rotatable bonds is 4. The van der Waals surface area contributed by atoms with Gasteiger partial charge in [-0.1, -0.05) is 0 Å². The smallest absolute Gasteiger partial charge is 0.257 e. The fourth-order valence-electron chi connectivity index (χ4n) is 2.32. The van der Waals surface area contributed by atoms with E-state index in [0.29, 0.717) is 24.3 Å². The van der Waals surface area contributed by atoms with Crippen LogP contribution in [0.1, 0.15) is 30.1 Å². The Hall–Kier alpha value is -1.66. The lowest BCUT2D eigenvalue weighted by atomic mass is 10.1. The minimum absolute atomic E-state index is 0.0315. The number of nitrogens with two attached hydrogens (primary N) is 1. The second-order valence-corrected chi connectivity index (χ2v) is 4.51. The van der Waals surface area contributed by atoms with E-state index in [1.807, 2.05) is 11.8 Å². The van der Waals surface area contributed by atoms with Crippen LogP contribution in [-0.2, 0) is 4.74 Å². The number of piperidine rings is 1. The Morgan fingerprint density at radius 2 is 2.32 bits per heavy atom. The first-order valence-corrected chi connectivity index (χ1v) is 6.57. The van der Waals surface area contributed by atoms with E-state index in [1.54, 1.807) is 18.5 Å². The van der Waals surface area contributed by atoms with E-state index in [-0.39, 0.29) is 12.0 Å². The van der Waals surface area contributed by atoms with Crippen molar-refractivity contribution < 1.29 is 9.53 Å². The molecule has 6 nitrogen and oxygen atoms in total. The monoisotopic (exact) mass is 264 g/mol. The lowest BCUT2D eigenvalue weighted by molar-refractivity contribution is 0.0146. The first-order chi connectivity index (χ1) is 9.26. The van der Waals surface area contributed by atoms with E-state index in [2.05, 4.69) is 10.4 Å². The van der Waals surface area contributed by atoms with Crippen molar-refractivity contribution in [3.05, 3.63) is 24.0 Å². The Balaban J connectivity index is 2.01. The zero-order valence-electron chi connectivity index (χ0n) is 11.1. The van der Waals surface area contributed by atoms with Crippen molar-refractivity contribution in [2.45, 2.75) is 25.9 Å². The van der Waals surface area contributed by atoms with Crippen molar-refractivity contribution in [2.75, 3.05) is 25.1 Å². The van der Waals surface area contributed by atoms with Gasteiger partial charge in [0.1, 0.15) is 0 Å². The third-order valence-electron chi connectivity index (χ3n) is 3.34. The third kappa shape index (κ3) is 3.21. The van der Waals surface area contributed by atoms with Crippen LogP contribution in [0.15, 0.2) is 18.5 Å². The fourth-order valence-corrected chi connectivity index (χ4v) is 2.32. The van der Waals surface area contributed by atoms with Crippen LogP contribution in [-0.4, -0.2) is 41.6 Å². The number of ether oxygens (including phenoxy) is 1. The minimum Gasteiger partial charge on any atom is -0.378 e. The highest BCUT2D eigenvalue weighted by atomic mass is 16.5. The zero-order chi connectivity index (χ0) is 13.7. The van der Waals surface area contributed by atoms with Crippen LogP contribution in [0.4, 0.5) is 5.69 Å². The molecule has 0 spiro atoms. The Morgan fingerprint density at radius 1 is 1.58 bits per heavy atom. The first-order valence-electron chi connectivity index (χ1n) is 6.57. The normalized spacial score (nSPS) is 16.4. The molecule has 0 saturated carbocycles. The highest BCUT2D eigenvalue weighted by molar-refractivity contribution is 5.99. The molecule has 1 aromatic rings. The lowest BCUT2D eigenvalue weighted by Gasteiger charge is -2.32. The number of carbonyl (C=O) groups is 1. The maximum absolute atomic E-state index is 12.4. The van der Waals surface area contributed by atoms with E-state index in [1.165, 1.54) is 0 Å². The van der Waals surface area contributed by atoms with Crippen LogP contribution in [0.5, 0.6) is 0 Å². The van der Waals surface area contributed by atoms with Crippen molar-refractivity contribution >= 4 is 11.6 Å². The van der Waals surface area contributed by atoms with E-state index >= 15 is 0 Å². The second-order valence-electron chi connectivity index (χ2n) is 4.51. The SMILES string of the molecule is CCOC1CCN(C(=O)c2cnccc2NN)CC1. The molecule has 1 aliphatic heterocycles. The van der Waals surface area contributed by atoms with Crippen LogP contribution >= 0.6 is 0 Å². The molecule has 1 saturated heterocycles. The number of nitrogens with one attached hydrogen (secondary N) is 1.